The Kier molecular flexibility index (Phi) is 3.94. The Bertz CT molecular complexity index is 793. The third-order valence-electron chi connectivity index (χ3n) is 3.93. The Balaban J connectivity index is 2.04. The van der Waals surface area contributed by atoms with Gasteiger partial charge in [0.1, 0.15) is 5.69 Å². The zero-order valence-corrected chi connectivity index (χ0v) is 12.1. The maximum atomic E-state index is 11.3. The molecule has 2 aromatic carbocycles. The van der Waals surface area contributed by atoms with Crippen molar-refractivity contribution in [3.8, 4) is 0 Å². The molecule has 1 heterocycles. The van der Waals surface area contributed by atoms with E-state index < -0.39 is 5.91 Å². The molecule has 0 saturated carbocycles. The maximum Gasteiger partial charge on any atom is 0.265 e. The first kappa shape index (κ1) is 14.4. The molecule has 3 rings (SSSR count). The smallest absolute Gasteiger partial charge is 0.265 e. The summed E-state index contributed by atoms with van der Waals surface area (Å²) in [5.41, 5.74) is 8.88. The molecule has 4 N–H and O–H groups in total. The Labute approximate surface area is 128 Å². The number of hydrogen-bond donors (Lipinski definition) is 3. The Morgan fingerprint density at radius 1 is 1.09 bits per heavy atom. The number of carbonyl (C=O) groups excluding carboxylic acids is 1. The van der Waals surface area contributed by atoms with E-state index in [1.165, 1.54) is 5.56 Å². The summed E-state index contributed by atoms with van der Waals surface area (Å²) in [5.74, 6) is -0.338. The topological polar surface area (TPSA) is 79.1 Å². The number of aromatic amines is 1. The largest absolute Gasteiger partial charge is 0.396 e. The normalized spacial score (nSPS) is 12.4. The van der Waals surface area contributed by atoms with E-state index in [1.807, 2.05) is 36.4 Å². The summed E-state index contributed by atoms with van der Waals surface area (Å²) in [6, 6.07) is 17.9. The van der Waals surface area contributed by atoms with E-state index in [0.29, 0.717) is 12.1 Å². The fraction of sp³-hybridized carbons (Fsp3) is 0.167. The molecule has 1 amide bonds. The number of aromatic nitrogens is 1. The van der Waals surface area contributed by atoms with Gasteiger partial charge in [-0.3, -0.25) is 4.79 Å². The fourth-order valence-electron chi connectivity index (χ4n) is 2.84. The second-order valence-corrected chi connectivity index (χ2v) is 5.37. The minimum absolute atomic E-state index is 0.122. The van der Waals surface area contributed by atoms with Crippen molar-refractivity contribution in [2.45, 2.75) is 12.3 Å². The molecule has 0 aliphatic heterocycles. The number of fused-ring (bicyclic) bond motifs is 1. The molecule has 3 aromatic rings. The number of nitrogens with two attached hydrogens (primary N) is 1. The molecular weight excluding hydrogens is 276 g/mol. The van der Waals surface area contributed by atoms with Crippen molar-refractivity contribution in [2.24, 2.45) is 5.73 Å². The molecule has 0 bridgehead atoms. The number of hydrogen-bond acceptors (Lipinski definition) is 2. The monoisotopic (exact) mass is 294 g/mol. The van der Waals surface area contributed by atoms with Crippen molar-refractivity contribution in [1.29, 1.82) is 0 Å². The summed E-state index contributed by atoms with van der Waals surface area (Å²) in [7, 11) is 0. The van der Waals surface area contributed by atoms with Crippen LogP contribution in [0.15, 0.2) is 54.6 Å². The lowest BCUT2D eigenvalue weighted by molar-refractivity contribution is 0.0996. The fourth-order valence-corrected chi connectivity index (χ4v) is 2.84. The van der Waals surface area contributed by atoms with Crippen molar-refractivity contribution in [3.05, 3.63) is 71.4 Å². The number of H-pyrrole nitrogens is 1. The predicted molar refractivity (Wildman–Crippen MR) is 86.8 cm³/mol. The minimum Gasteiger partial charge on any atom is -0.396 e. The zero-order valence-electron chi connectivity index (χ0n) is 12.1. The van der Waals surface area contributed by atoms with E-state index >= 15 is 0 Å². The Morgan fingerprint density at radius 3 is 2.55 bits per heavy atom. The van der Waals surface area contributed by atoms with Crippen LogP contribution in [0.2, 0.25) is 0 Å². The molecule has 0 aliphatic rings. The molecule has 0 saturated heterocycles. The van der Waals surface area contributed by atoms with Crippen LogP contribution >= 0.6 is 0 Å². The highest BCUT2D eigenvalue weighted by atomic mass is 16.3. The first-order valence-corrected chi connectivity index (χ1v) is 7.27. The first-order valence-electron chi connectivity index (χ1n) is 7.27. The van der Waals surface area contributed by atoms with Gasteiger partial charge in [-0.25, -0.2) is 0 Å². The quantitative estimate of drug-likeness (QED) is 0.676. The van der Waals surface area contributed by atoms with Crippen LogP contribution in [0.1, 0.15) is 34.0 Å². The molecule has 0 aliphatic carbocycles. The van der Waals surface area contributed by atoms with Gasteiger partial charge in [0.25, 0.3) is 5.91 Å². The van der Waals surface area contributed by atoms with Crippen LogP contribution in [0.3, 0.4) is 0 Å². The van der Waals surface area contributed by atoms with Crippen LogP contribution < -0.4 is 5.73 Å². The Morgan fingerprint density at radius 2 is 1.86 bits per heavy atom. The number of aliphatic hydroxyl groups is 1. The third-order valence-corrected chi connectivity index (χ3v) is 3.93. The van der Waals surface area contributed by atoms with Gasteiger partial charge in [0.05, 0.1) is 0 Å². The van der Waals surface area contributed by atoms with E-state index in [2.05, 4.69) is 17.1 Å². The summed E-state index contributed by atoms with van der Waals surface area (Å²) in [5, 5.41) is 10.3. The van der Waals surface area contributed by atoms with Gasteiger partial charge in [0.15, 0.2) is 0 Å². The summed E-state index contributed by atoms with van der Waals surface area (Å²) < 4.78 is 0. The number of nitrogens with one attached hydrogen (secondary N) is 1. The van der Waals surface area contributed by atoms with Gasteiger partial charge in [-0.05, 0) is 35.7 Å². The lowest BCUT2D eigenvalue weighted by Crippen LogP contribution is -2.10. The van der Waals surface area contributed by atoms with Crippen molar-refractivity contribution >= 4 is 16.8 Å². The van der Waals surface area contributed by atoms with Crippen molar-refractivity contribution in [1.82, 2.24) is 4.98 Å². The van der Waals surface area contributed by atoms with Crippen molar-refractivity contribution in [3.63, 3.8) is 0 Å². The maximum absolute atomic E-state index is 11.3. The lowest BCUT2D eigenvalue weighted by atomic mass is 9.88. The average Bonchev–Trinajstić information content (AvgIpc) is 2.97. The van der Waals surface area contributed by atoms with Crippen LogP contribution in [0.5, 0.6) is 0 Å². The molecule has 1 aromatic heterocycles. The molecule has 0 spiro atoms. The van der Waals surface area contributed by atoms with Gasteiger partial charge < -0.3 is 15.8 Å². The number of amides is 1. The Hall–Kier alpha value is -2.59. The summed E-state index contributed by atoms with van der Waals surface area (Å²) in [6.45, 7) is 0.122. The summed E-state index contributed by atoms with van der Waals surface area (Å²) in [6.07, 6.45) is 0.655. The van der Waals surface area contributed by atoms with E-state index in [9.17, 15) is 9.90 Å². The molecule has 1 atom stereocenters. The van der Waals surface area contributed by atoms with Gasteiger partial charge in [0, 0.05) is 23.4 Å². The third kappa shape index (κ3) is 2.73. The van der Waals surface area contributed by atoms with E-state index in [0.717, 1.165) is 16.5 Å². The number of carbonyl (C=O) groups is 1. The van der Waals surface area contributed by atoms with Crippen molar-refractivity contribution in [2.75, 3.05) is 6.61 Å². The molecule has 112 valence electrons. The summed E-state index contributed by atoms with van der Waals surface area (Å²) >= 11 is 0. The van der Waals surface area contributed by atoms with Gasteiger partial charge in [-0.1, -0.05) is 36.4 Å². The molecule has 4 nitrogen and oxygen atoms in total. The molecule has 0 fully saturated rings. The number of primary amides is 1. The second kappa shape index (κ2) is 6.03. The van der Waals surface area contributed by atoms with Crippen LogP contribution in [0.4, 0.5) is 0 Å². The average molecular weight is 294 g/mol. The van der Waals surface area contributed by atoms with Crippen molar-refractivity contribution < 1.29 is 9.90 Å². The molecule has 4 heteroatoms. The molecule has 22 heavy (non-hydrogen) atoms. The lowest BCUT2D eigenvalue weighted by Gasteiger charge is -2.17. The van der Waals surface area contributed by atoms with E-state index in [-0.39, 0.29) is 12.5 Å². The molecule has 1 unspecified atom stereocenters. The predicted octanol–water partition coefficient (Wildman–Crippen LogP) is 2.78. The standard InChI is InChI=1S/C18H18N2O2/c19-18(22)17-11-14-10-13(6-7-16(14)20-17)15(8-9-21)12-4-2-1-3-5-12/h1-7,10-11,15,20-21H,8-9H2,(H2,19,22). The highest BCUT2D eigenvalue weighted by molar-refractivity contribution is 5.97. The molecule has 0 radical (unpaired) electrons. The van der Waals surface area contributed by atoms with Crippen LogP contribution in [-0.4, -0.2) is 22.6 Å². The van der Waals surface area contributed by atoms with Crippen LogP contribution in [0.25, 0.3) is 10.9 Å². The number of benzene rings is 2. The molecular formula is C18H18N2O2. The van der Waals surface area contributed by atoms with E-state index in [1.54, 1.807) is 6.07 Å². The minimum atomic E-state index is -0.465. The summed E-state index contributed by atoms with van der Waals surface area (Å²) in [4.78, 5) is 14.3. The first-order chi connectivity index (χ1) is 10.7. The zero-order chi connectivity index (χ0) is 15.5. The van der Waals surface area contributed by atoms with Gasteiger partial charge in [-0.15, -0.1) is 0 Å². The highest BCUT2D eigenvalue weighted by Crippen LogP contribution is 2.30. The van der Waals surface area contributed by atoms with Gasteiger partial charge >= 0.3 is 0 Å². The number of rotatable bonds is 5. The SMILES string of the molecule is NC(=O)c1cc2cc(C(CCO)c3ccccc3)ccc2[nH]1. The van der Waals surface area contributed by atoms with Gasteiger partial charge in [-0.2, -0.15) is 0 Å². The van der Waals surface area contributed by atoms with Gasteiger partial charge in [0.2, 0.25) is 0 Å². The van der Waals surface area contributed by atoms with Crippen LogP contribution in [0, 0.1) is 0 Å². The highest BCUT2D eigenvalue weighted by Gasteiger charge is 2.15. The van der Waals surface area contributed by atoms with Crippen LogP contribution in [-0.2, 0) is 0 Å². The van der Waals surface area contributed by atoms with E-state index in [4.69, 9.17) is 5.73 Å². The number of aliphatic hydroxyl groups excluding tert-OH is 1. The second-order valence-electron chi connectivity index (χ2n) is 5.37.